The molecule has 0 aliphatic rings. The van der Waals surface area contributed by atoms with Crippen LogP contribution in [-0.4, -0.2) is 43.7 Å². The fraction of sp³-hybridized carbons (Fsp3) is 0.833. The van der Waals surface area contributed by atoms with Crippen molar-refractivity contribution in [2.75, 3.05) is 19.2 Å². The lowest BCUT2D eigenvalue weighted by molar-refractivity contribution is -0.148. The van der Waals surface area contributed by atoms with Crippen molar-refractivity contribution in [2.24, 2.45) is 0 Å². The molecule has 0 rings (SSSR count). The Morgan fingerprint density at radius 1 is 1.44 bits per heavy atom. The van der Waals surface area contributed by atoms with E-state index in [0.717, 1.165) is 19.1 Å². The molecule has 6 heteroatoms. The summed E-state index contributed by atoms with van der Waals surface area (Å²) < 4.78 is 15.5. The van der Waals surface area contributed by atoms with Gasteiger partial charge in [-0.3, -0.25) is 4.79 Å². The number of methoxy groups -OCH3 is 1. The number of carbonyl (C=O) groups excluding carboxylic acids is 2. The lowest BCUT2D eigenvalue weighted by Crippen LogP contribution is -2.24. The van der Waals surface area contributed by atoms with Crippen LogP contribution in [0.15, 0.2) is 0 Å². The van der Waals surface area contributed by atoms with Crippen LogP contribution in [0.2, 0.25) is 0 Å². The van der Waals surface area contributed by atoms with E-state index < -0.39 is 0 Å². The number of hydrogen-bond donors (Lipinski definition) is 0. The van der Waals surface area contributed by atoms with Gasteiger partial charge < -0.3 is 19.0 Å². The van der Waals surface area contributed by atoms with E-state index in [9.17, 15) is 9.59 Å². The summed E-state index contributed by atoms with van der Waals surface area (Å²) in [5.74, 6) is -0.291. The number of unbranched alkanes of at least 4 members (excludes halogenated alkanes) is 1. The summed E-state index contributed by atoms with van der Waals surface area (Å²) in [6.45, 7) is 2.02. The molecule has 0 aliphatic heterocycles. The van der Waals surface area contributed by atoms with Crippen LogP contribution < -0.4 is 0 Å². The summed E-state index contributed by atoms with van der Waals surface area (Å²) in [6, 6.07) is 0. The fourth-order valence-electron chi connectivity index (χ4n) is 1.54. The Morgan fingerprint density at radius 3 is 2.72 bits per heavy atom. The Balaban J connectivity index is 4.02. The summed E-state index contributed by atoms with van der Waals surface area (Å²) in [6.07, 6.45) is 3.23. The number of carbonyl (C=O) groups is 2. The molecule has 5 nitrogen and oxygen atoms in total. The van der Waals surface area contributed by atoms with Gasteiger partial charge in [0.25, 0.3) is 0 Å². The highest BCUT2D eigenvalue weighted by Gasteiger charge is 2.16. The van der Waals surface area contributed by atoms with Crippen LogP contribution in [0.5, 0.6) is 0 Å². The van der Waals surface area contributed by atoms with Gasteiger partial charge in [-0.15, -0.1) is 0 Å². The maximum absolute atomic E-state index is 11.1. The van der Waals surface area contributed by atoms with Gasteiger partial charge in [0.1, 0.15) is 24.5 Å². The summed E-state index contributed by atoms with van der Waals surface area (Å²) >= 11 is 3.04. The molecule has 0 aliphatic carbocycles. The minimum Gasteiger partial charge on any atom is -0.462 e. The van der Waals surface area contributed by atoms with E-state index in [-0.39, 0.29) is 30.3 Å². The van der Waals surface area contributed by atoms with Crippen molar-refractivity contribution in [1.29, 1.82) is 0 Å². The van der Waals surface area contributed by atoms with Gasteiger partial charge in [0, 0.05) is 20.0 Å². The first-order valence-corrected chi connectivity index (χ1v) is 7.05. The Morgan fingerprint density at radius 2 is 2.17 bits per heavy atom. The summed E-state index contributed by atoms with van der Waals surface area (Å²) in [4.78, 5) is 21.4. The Bertz CT molecular complexity index is 235. The number of rotatable bonds is 11. The molecule has 0 radical (unpaired) electrons. The minimum atomic E-state index is -0.291. The van der Waals surface area contributed by atoms with Gasteiger partial charge in [-0.25, -0.2) is 0 Å². The van der Waals surface area contributed by atoms with Crippen LogP contribution in [0.3, 0.4) is 0 Å². The number of esters is 1. The number of aldehydes is 1. The summed E-state index contributed by atoms with van der Waals surface area (Å²) in [5, 5.41) is 0.187. The number of halogens is 1. The van der Waals surface area contributed by atoms with E-state index in [1.54, 1.807) is 7.11 Å². The average molecular weight is 325 g/mol. The van der Waals surface area contributed by atoms with Gasteiger partial charge in [-0.1, -0.05) is 15.9 Å². The average Bonchev–Trinajstić information content (AvgIpc) is 2.35. The zero-order valence-electron chi connectivity index (χ0n) is 10.9. The molecular weight excluding hydrogens is 304 g/mol. The van der Waals surface area contributed by atoms with Crippen LogP contribution in [0.1, 0.15) is 32.6 Å². The van der Waals surface area contributed by atoms with Crippen LogP contribution in [0.25, 0.3) is 0 Å². The quantitative estimate of drug-likeness (QED) is 0.191. The highest BCUT2D eigenvalue weighted by Crippen LogP contribution is 2.13. The molecule has 0 unspecified atom stereocenters. The van der Waals surface area contributed by atoms with Crippen LogP contribution in [0.4, 0.5) is 0 Å². The Kier molecular flexibility index (Phi) is 11.3. The highest BCUT2D eigenvalue weighted by molar-refractivity contribution is 9.09. The van der Waals surface area contributed by atoms with Crippen molar-refractivity contribution >= 4 is 28.2 Å². The van der Waals surface area contributed by atoms with E-state index >= 15 is 0 Å². The minimum absolute atomic E-state index is 0.0666. The highest BCUT2D eigenvalue weighted by atomic mass is 79.9. The third kappa shape index (κ3) is 9.56. The van der Waals surface area contributed by atoms with E-state index in [0.29, 0.717) is 12.8 Å². The first-order chi connectivity index (χ1) is 8.63. The second-order valence-corrected chi connectivity index (χ2v) is 4.52. The van der Waals surface area contributed by atoms with E-state index in [1.807, 2.05) is 6.92 Å². The molecule has 0 aromatic carbocycles. The van der Waals surface area contributed by atoms with Crippen molar-refractivity contribution in [3.63, 3.8) is 0 Å². The van der Waals surface area contributed by atoms with Gasteiger partial charge in [0.05, 0.1) is 6.10 Å². The van der Waals surface area contributed by atoms with Crippen molar-refractivity contribution in [3.05, 3.63) is 0 Å². The monoisotopic (exact) mass is 324 g/mol. The SMILES string of the molecule is COCO[C@H](CCCC=O)C[C@@H](C)OC(=O)CBr. The maximum Gasteiger partial charge on any atom is 0.316 e. The van der Waals surface area contributed by atoms with Gasteiger partial charge in [0.15, 0.2) is 0 Å². The molecule has 0 saturated heterocycles. The molecule has 0 spiro atoms. The lowest BCUT2D eigenvalue weighted by atomic mass is 10.1. The summed E-state index contributed by atoms with van der Waals surface area (Å²) in [7, 11) is 1.55. The van der Waals surface area contributed by atoms with Gasteiger partial charge >= 0.3 is 5.97 Å². The molecule has 0 fully saturated rings. The van der Waals surface area contributed by atoms with E-state index in [1.165, 1.54) is 0 Å². The number of alkyl halides is 1. The molecule has 106 valence electrons. The third-order valence-corrected chi connectivity index (χ3v) is 2.76. The largest absolute Gasteiger partial charge is 0.462 e. The first kappa shape index (κ1) is 17.5. The molecule has 0 bridgehead atoms. The second kappa shape index (κ2) is 11.6. The van der Waals surface area contributed by atoms with Gasteiger partial charge in [-0.05, 0) is 19.8 Å². The predicted octanol–water partition coefficient (Wildman–Crippen LogP) is 2.06. The molecule has 2 atom stereocenters. The smallest absolute Gasteiger partial charge is 0.316 e. The van der Waals surface area contributed by atoms with E-state index in [4.69, 9.17) is 14.2 Å². The molecule has 0 aromatic heterocycles. The molecule has 0 N–H and O–H groups in total. The molecule has 0 aromatic rings. The predicted molar refractivity (Wildman–Crippen MR) is 70.6 cm³/mol. The maximum atomic E-state index is 11.1. The third-order valence-electron chi connectivity index (χ3n) is 2.31. The first-order valence-electron chi connectivity index (χ1n) is 5.93. The molecule has 18 heavy (non-hydrogen) atoms. The lowest BCUT2D eigenvalue weighted by Gasteiger charge is -2.21. The number of ether oxygens (including phenoxy) is 3. The Hall–Kier alpha value is -0.460. The van der Waals surface area contributed by atoms with E-state index in [2.05, 4.69) is 15.9 Å². The topological polar surface area (TPSA) is 61.8 Å². The molecule has 0 saturated carbocycles. The zero-order chi connectivity index (χ0) is 13.8. The van der Waals surface area contributed by atoms with Crippen molar-refractivity contribution in [2.45, 2.75) is 44.8 Å². The number of hydrogen-bond acceptors (Lipinski definition) is 5. The molecular formula is C12H21BrO5. The standard InChI is InChI=1S/C12H21BrO5/c1-10(18-12(15)8-13)7-11(17-9-16-2)5-3-4-6-14/h6,10-11H,3-5,7-9H2,1-2H3/t10-,11-/m1/s1. The second-order valence-electron chi connectivity index (χ2n) is 3.96. The van der Waals surface area contributed by atoms with Crippen molar-refractivity contribution < 1.29 is 23.8 Å². The van der Waals surface area contributed by atoms with Gasteiger partial charge in [0.2, 0.25) is 0 Å². The van der Waals surface area contributed by atoms with Crippen LogP contribution >= 0.6 is 15.9 Å². The van der Waals surface area contributed by atoms with Crippen LogP contribution in [0, 0.1) is 0 Å². The van der Waals surface area contributed by atoms with Crippen LogP contribution in [-0.2, 0) is 23.8 Å². The van der Waals surface area contributed by atoms with Crippen molar-refractivity contribution in [1.82, 2.24) is 0 Å². The molecule has 0 heterocycles. The summed E-state index contributed by atoms with van der Waals surface area (Å²) in [5.41, 5.74) is 0. The van der Waals surface area contributed by atoms with Gasteiger partial charge in [-0.2, -0.15) is 0 Å². The molecule has 0 amide bonds. The normalized spacial score (nSPS) is 13.9. The Labute approximate surface area is 116 Å². The van der Waals surface area contributed by atoms with Crippen molar-refractivity contribution in [3.8, 4) is 0 Å². The fourth-order valence-corrected chi connectivity index (χ4v) is 1.67. The zero-order valence-corrected chi connectivity index (χ0v) is 12.5.